The molecule has 2 nitrogen and oxygen atoms in total. The van der Waals surface area contributed by atoms with Gasteiger partial charge in [0.05, 0.1) is 0 Å². The van der Waals surface area contributed by atoms with Gasteiger partial charge >= 0.3 is 0 Å². The molecule has 0 amide bonds. The first-order chi connectivity index (χ1) is 5.42. The van der Waals surface area contributed by atoms with Crippen molar-refractivity contribution < 1.29 is 4.79 Å². The summed E-state index contributed by atoms with van der Waals surface area (Å²) < 4.78 is 0. The van der Waals surface area contributed by atoms with Crippen LogP contribution < -0.4 is 0 Å². The SMILES string of the molecule is O=[C]c1cccc2[nH]ccc12. The van der Waals surface area contributed by atoms with Crippen LogP contribution in [0.5, 0.6) is 0 Å². The Hall–Kier alpha value is -1.57. The van der Waals surface area contributed by atoms with Crippen LogP contribution >= 0.6 is 0 Å². The monoisotopic (exact) mass is 144 g/mol. The summed E-state index contributed by atoms with van der Waals surface area (Å²) in [5.74, 6) is 0. The second-order valence-corrected chi connectivity index (χ2v) is 2.35. The summed E-state index contributed by atoms with van der Waals surface area (Å²) in [6.07, 6.45) is 3.70. The van der Waals surface area contributed by atoms with E-state index < -0.39 is 0 Å². The summed E-state index contributed by atoms with van der Waals surface area (Å²) in [7, 11) is 0. The van der Waals surface area contributed by atoms with Gasteiger partial charge in [-0.05, 0) is 12.1 Å². The van der Waals surface area contributed by atoms with Gasteiger partial charge in [-0.15, -0.1) is 0 Å². The number of nitrogens with one attached hydrogen (secondary N) is 1. The molecule has 0 fully saturated rings. The molecule has 0 aliphatic heterocycles. The van der Waals surface area contributed by atoms with E-state index in [9.17, 15) is 4.79 Å². The second kappa shape index (κ2) is 2.23. The normalized spacial score (nSPS) is 10.2. The number of aromatic amines is 1. The molecule has 0 unspecified atom stereocenters. The van der Waals surface area contributed by atoms with E-state index in [-0.39, 0.29) is 0 Å². The molecule has 0 bridgehead atoms. The lowest BCUT2D eigenvalue weighted by Gasteiger charge is -1.90. The lowest BCUT2D eigenvalue weighted by atomic mass is 10.1. The van der Waals surface area contributed by atoms with Gasteiger partial charge in [0.25, 0.3) is 0 Å². The Morgan fingerprint density at radius 2 is 2.18 bits per heavy atom. The van der Waals surface area contributed by atoms with Crippen LogP contribution in [-0.4, -0.2) is 11.3 Å². The molecule has 0 saturated heterocycles. The predicted molar refractivity (Wildman–Crippen MR) is 43.1 cm³/mol. The minimum absolute atomic E-state index is 0.615. The maximum Gasteiger partial charge on any atom is 0.234 e. The number of benzene rings is 1. The summed E-state index contributed by atoms with van der Waals surface area (Å²) in [4.78, 5) is 13.4. The molecule has 0 aliphatic carbocycles. The van der Waals surface area contributed by atoms with E-state index in [4.69, 9.17) is 0 Å². The van der Waals surface area contributed by atoms with Crippen molar-refractivity contribution >= 4 is 17.2 Å². The molecule has 0 aliphatic rings. The molecule has 1 radical (unpaired) electrons. The van der Waals surface area contributed by atoms with Crippen molar-refractivity contribution in [2.75, 3.05) is 0 Å². The summed E-state index contributed by atoms with van der Waals surface area (Å²) in [6, 6.07) is 7.38. The largest absolute Gasteiger partial charge is 0.361 e. The number of fused-ring (bicyclic) bond motifs is 1. The molecule has 2 heteroatoms. The van der Waals surface area contributed by atoms with E-state index >= 15 is 0 Å². The summed E-state index contributed by atoms with van der Waals surface area (Å²) >= 11 is 0. The Balaban J connectivity index is 2.88. The Bertz CT molecular complexity index is 389. The molecule has 2 aromatic rings. The van der Waals surface area contributed by atoms with Gasteiger partial charge in [0.15, 0.2) is 0 Å². The fourth-order valence-corrected chi connectivity index (χ4v) is 1.17. The number of aromatic nitrogens is 1. The van der Waals surface area contributed by atoms with Crippen molar-refractivity contribution in [1.29, 1.82) is 0 Å². The molecule has 1 aromatic heterocycles. The van der Waals surface area contributed by atoms with Crippen molar-refractivity contribution in [2.45, 2.75) is 0 Å². The molecule has 1 N–H and O–H groups in total. The highest BCUT2D eigenvalue weighted by Crippen LogP contribution is 2.14. The first kappa shape index (κ1) is 6.16. The maximum atomic E-state index is 10.4. The topological polar surface area (TPSA) is 32.9 Å². The number of hydrogen-bond acceptors (Lipinski definition) is 1. The fourth-order valence-electron chi connectivity index (χ4n) is 1.17. The second-order valence-electron chi connectivity index (χ2n) is 2.35. The molecular weight excluding hydrogens is 138 g/mol. The Kier molecular flexibility index (Phi) is 1.25. The highest BCUT2D eigenvalue weighted by atomic mass is 16.1. The number of H-pyrrole nitrogens is 1. The van der Waals surface area contributed by atoms with Gasteiger partial charge in [0.1, 0.15) is 0 Å². The quantitative estimate of drug-likeness (QED) is 0.648. The summed E-state index contributed by atoms with van der Waals surface area (Å²) in [5, 5.41) is 0.933. The number of hydrogen-bond donors (Lipinski definition) is 1. The number of carbonyl (C=O) groups excluding carboxylic acids is 1. The highest BCUT2D eigenvalue weighted by molar-refractivity contribution is 5.96. The minimum atomic E-state index is 0.615. The van der Waals surface area contributed by atoms with Crippen molar-refractivity contribution in [3.63, 3.8) is 0 Å². The lowest BCUT2D eigenvalue weighted by molar-refractivity contribution is 0.563. The van der Waals surface area contributed by atoms with Gasteiger partial charge < -0.3 is 4.98 Å². The zero-order chi connectivity index (χ0) is 7.68. The van der Waals surface area contributed by atoms with Crippen LogP contribution in [0.3, 0.4) is 0 Å². The van der Waals surface area contributed by atoms with Crippen molar-refractivity contribution in [2.24, 2.45) is 0 Å². The molecule has 53 valence electrons. The molecule has 0 atom stereocenters. The molecule has 11 heavy (non-hydrogen) atoms. The van der Waals surface area contributed by atoms with Crippen LogP contribution in [-0.2, 0) is 4.79 Å². The third kappa shape index (κ3) is 0.835. The maximum absolute atomic E-state index is 10.4. The van der Waals surface area contributed by atoms with Gasteiger partial charge in [-0.1, -0.05) is 12.1 Å². The van der Waals surface area contributed by atoms with Crippen LogP contribution in [0.2, 0.25) is 0 Å². The Morgan fingerprint density at radius 3 is 3.00 bits per heavy atom. The van der Waals surface area contributed by atoms with E-state index in [2.05, 4.69) is 4.98 Å². The van der Waals surface area contributed by atoms with Crippen molar-refractivity contribution in [1.82, 2.24) is 4.98 Å². The van der Waals surface area contributed by atoms with Gasteiger partial charge in [-0.2, -0.15) is 0 Å². The first-order valence-electron chi connectivity index (χ1n) is 3.36. The third-order valence-electron chi connectivity index (χ3n) is 1.70. The van der Waals surface area contributed by atoms with Gasteiger partial charge in [-0.25, -0.2) is 0 Å². The van der Waals surface area contributed by atoms with E-state index in [0.29, 0.717) is 5.56 Å². The van der Waals surface area contributed by atoms with Crippen molar-refractivity contribution in [3.05, 3.63) is 36.0 Å². The average molecular weight is 144 g/mol. The molecule has 1 heterocycles. The minimum Gasteiger partial charge on any atom is -0.361 e. The smallest absolute Gasteiger partial charge is 0.234 e. The number of rotatable bonds is 1. The average Bonchev–Trinajstić information content (AvgIpc) is 2.50. The molecule has 0 spiro atoms. The lowest BCUT2D eigenvalue weighted by Crippen LogP contribution is -1.79. The fraction of sp³-hybridized carbons (Fsp3) is 0. The van der Waals surface area contributed by atoms with E-state index in [1.54, 1.807) is 6.07 Å². The zero-order valence-electron chi connectivity index (χ0n) is 5.79. The predicted octanol–water partition coefficient (Wildman–Crippen LogP) is 1.63. The highest BCUT2D eigenvalue weighted by Gasteiger charge is 1.98. The van der Waals surface area contributed by atoms with Crippen LogP contribution in [0.15, 0.2) is 30.5 Å². The summed E-state index contributed by atoms with van der Waals surface area (Å²) in [6.45, 7) is 0. The molecular formula is C9H6NO. The Morgan fingerprint density at radius 1 is 1.27 bits per heavy atom. The molecule has 2 rings (SSSR count). The van der Waals surface area contributed by atoms with E-state index in [1.165, 1.54) is 0 Å². The first-order valence-corrected chi connectivity index (χ1v) is 3.36. The van der Waals surface area contributed by atoms with E-state index in [1.807, 2.05) is 30.7 Å². The van der Waals surface area contributed by atoms with Crippen molar-refractivity contribution in [3.8, 4) is 0 Å². The van der Waals surface area contributed by atoms with Crippen LogP contribution in [0.1, 0.15) is 5.56 Å². The van der Waals surface area contributed by atoms with Crippen LogP contribution in [0.4, 0.5) is 0 Å². The summed E-state index contributed by atoms with van der Waals surface area (Å²) in [5.41, 5.74) is 1.59. The Labute approximate surface area is 63.8 Å². The van der Waals surface area contributed by atoms with Gasteiger partial charge in [0, 0.05) is 22.7 Å². The molecule has 1 aromatic carbocycles. The zero-order valence-corrected chi connectivity index (χ0v) is 5.79. The van der Waals surface area contributed by atoms with Gasteiger partial charge in [0.2, 0.25) is 6.29 Å². The van der Waals surface area contributed by atoms with Gasteiger partial charge in [-0.3, -0.25) is 4.79 Å². The van der Waals surface area contributed by atoms with E-state index in [0.717, 1.165) is 10.9 Å². The van der Waals surface area contributed by atoms with Crippen LogP contribution in [0.25, 0.3) is 10.9 Å². The van der Waals surface area contributed by atoms with Crippen LogP contribution in [0, 0.1) is 0 Å². The standard InChI is InChI=1S/C9H6NO/c11-6-7-2-1-3-9-8(7)4-5-10-9/h1-5,10H. The third-order valence-corrected chi connectivity index (χ3v) is 1.70. The molecule has 0 saturated carbocycles.